The lowest BCUT2D eigenvalue weighted by Gasteiger charge is -2.26. The second kappa shape index (κ2) is 11.4. The topological polar surface area (TPSA) is 130 Å². The van der Waals surface area contributed by atoms with Crippen LogP contribution in [0.25, 0.3) is 35.1 Å². The fraction of sp³-hybridized carbons (Fsp3) is 0.300. The molecule has 0 amide bonds. The van der Waals surface area contributed by atoms with Crippen molar-refractivity contribution in [2.45, 2.75) is 39.8 Å². The summed E-state index contributed by atoms with van der Waals surface area (Å²) in [6.45, 7) is 5.56. The molecule has 202 valence electrons. The van der Waals surface area contributed by atoms with Gasteiger partial charge in [-0.15, -0.1) is 0 Å². The molecular formula is C30H29N7O3. The quantitative estimate of drug-likeness (QED) is 0.287. The highest BCUT2D eigenvalue weighted by Crippen LogP contribution is 2.30. The monoisotopic (exact) mass is 535 g/mol. The van der Waals surface area contributed by atoms with Gasteiger partial charge in [0.25, 0.3) is 0 Å². The van der Waals surface area contributed by atoms with Gasteiger partial charge in [-0.3, -0.25) is 19.1 Å². The average Bonchev–Trinajstić information content (AvgIpc) is 3.72. The van der Waals surface area contributed by atoms with E-state index in [0.29, 0.717) is 73.1 Å². The maximum absolute atomic E-state index is 13.8. The van der Waals surface area contributed by atoms with Gasteiger partial charge < -0.3 is 8.83 Å². The molecule has 0 atom stereocenters. The van der Waals surface area contributed by atoms with Gasteiger partial charge in [-0.1, -0.05) is 0 Å². The molecule has 0 unspecified atom stereocenters. The van der Waals surface area contributed by atoms with E-state index in [1.807, 2.05) is 69.7 Å². The van der Waals surface area contributed by atoms with E-state index in [0.717, 1.165) is 22.6 Å². The molecule has 1 aliphatic rings. The third-order valence-electron chi connectivity index (χ3n) is 6.56. The first-order chi connectivity index (χ1) is 19.3. The molecule has 1 saturated heterocycles. The minimum Gasteiger partial charge on any atom is -0.460 e. The van der Waals surface area contributed by atoms with Crippen LogP contribution in [0.2, 0.25) is 0 Å². The van der Waals surface area contributed by atoms with Crippen LogP contribution in [0.4, 0.5) is 0 Å². The van der Waals surface area contributed by atoms with E-state index in [9.17, 15) is 4.79 Å². The zero-order valence-electron chi connectivity index (χ0n) is 22.7. The van der Waals surface area contributed by atoms with Gasteiger partial charge in [0.15, 0.2) is 17.3 Å². The standard InChI is InChI=1S/C30H29N7O3/c1-20-6-8-26(39-20)28-22(18-36(33-28)12-4-10-31)14-24-16-35(3)17-25(30(24)38)15-23-19-37(13-5-11-32)34-29(23)27-9-7-21(2)40-27/h6-9,14-15,18-19H,4-5,12-13,16-17H2,1-3H3/b24-14-,25-15+. The number of hydrogen-bond acceptors (Lipinski definition) is 8. The van der Waals surface area contributed by atoms with Crippen molar-refractivity contribution in [2.75, 3.05) is 20.1 Å². The molecule has 0 bridgehead atoms. The van der Waals surface area contributed by atoms with E-state index in [2.05, 4.69) is 27.2 Å². The number of carbonyl (C=O) groups excluding carboxylic acids is 1. The Morgan fingerprint density at radius 3 is 1.65 bits per heavy atom. The summed E-state index contributed by atoms with van der Waals surface area (Å²) in [5.41, 5.74) is 4.00. The van der Waals surface area contributed by atoms with Crippen LogP contribution in [0.1, 0.15) is 35.5 Å². The molecule has 10 nitrogen and oxygen atoms in total. The molecule has 0 aromatic carbocycles. The van der Waals surface area contributed by atoms with Crippen molar-refractivity contribution in [3.8, 4) is 35.0 Å². The number of piperidine rings is 1. The molecule has 40 heavy (non-hydrogen) atoms. The predicted octanol–water partition coefficient (Wildman–Crippen LogP) is 5.03. The molecule has 10 heteroatoms. The first-order valence-corrected chi connectivity index (χ1v) is 13.0. The van der Waals surface area contributed by atoms with Gasteiger partial charge in [0, 0.05) is 47.8 Å². The first kappa shape index (κ1) is 26.7. The van der Waals surface area contributed by atoms with E-state index in [1.165, 1.54) is 0 Å². The summed E-state index contributed by atoms with van der Waals surface area (Å²) < 4.78 is 15.1. The second-order valence-corrected chi connectivity index (χ2v) is 9.87. The van der Waals surface area contributed by atoms with Crippen LogP contribution >= 0.6 is 0 Å². The highest BCUT2D eigenvalue weighted by molar-refractivity contribution is 6.15. The molecule has 5 rings (SSSR count). The Kier molecular flexibility index (Phi) is 7.63. The number of aryl methyl sites for hydroxylation is 4. The average molecular weight is 536 g/mol. The van der Waals surface area contributed by atoms with Crippen molar-refractivity contribution < 1.29 is 13.6 Å². The summed E-state index contributed by atoms with van der Waals surface area (Å²) in [5.74, 6) is 2.68. The normalized spacial score (nSPS) is 16.1. The number of hydrogen-bond donors (Lipinski definition) is 0. The van der Waals surface area contributed by atoms with Gasteiger partial charge in [-0.25, -0.2) is 0 Å². The molecular weight excluding hydrogens is 506 g/mol. The van der Waals surface area contributed by atoms with Gasteiger partial charge >= 0.3 is 0 Å². The van der Waals surface area contributed by atoms with Crippen molar-refractivity contribution in [1.82, 2.24) is 24.5 Å². The van der Waals surface area contributed by atoms with Crippen molar-refractivity contribution in [3.63, 3.8) is 0 Å². The fourth-order valence-electron chi connectivity index (χ4n) is 4.73. The number of Topliss-reactive ketones (excluding diaryl/α,β-unsaturated/α-hetero) is 1. The molecule has 0 radical (unpaired) electrons. The van der Waals surface area contributed by atoms with Crippen LogP contribution in [0.3, 0.4) is 0 Å². The lowest BCUT2D eigenvalue weighted by atomic mass is 9.94. The summed E-state index contributed by atoms with van der Waals surface area (Å²) in [4.78, 5) is 15.9. The summed E-state index contributed by atoms with van der Waals surface area (Å²) >= 11 is 0. The zero-order valence-corrected chi connectivity index (χ0v) is 22.7. The first-order valence-electron chi connectivity index (χ1n) is 13.0. The summed E-state index contributed by atoms with van der Waals surface area (Å²) in [6.07, 6.45) is 8.06. The summed E-state index contributed by atoms with van der Waals surface area (Å²) in [7, 11) is 1.97. The van der Waals surface area contributed by atoms with Crippen LogP contribution in [0, 0.1) is 36.5 Å². The number of nitriles is 2. The second-order valence-electron chi connectivity index (χ2n) is 9.87. The van der Waals surface area contributed by atoms with Crippen LogP contribution < -0.4 is 0 Å². The van der Waals surface area contributed by atoms with Crippen LogP contribution in [-0.2, 0) is 17.9 Å². The van der Waals surface area contributed by atoms with Crippen LogP contribution in [0.15, 0.2) is 56.6 Å². The van der Waals surface area contributed by atoms with E-state index in [4.69, 9.17) is 19.4 Å². The number of rotatable bonds is 8. The molecule has 5 heterocycles. The van der Waals surface area contributed by atoms with Crippen LogP contribution in [0.5, 0.6) is 0 Å². The van der Waals surface area contributed by atoms with E-state index < -0.39 is 0 Å². The number of aromatic nitrogens is 4. The fourth-order valence-corrected chi connectivity index (χ4v) is 4.73. The van der Waals surface area contributed by atoms with E-state index >= 15 is 0 Å². The Morgan fingerprint density at radius 1 is 0.825 bits per heavy atom. The van der Waals surface area contributed by atoms with Crippen molar-refractivity contribution >= 4 is 17.9 Å². The Balaban J connectivity index is 1.53. The number of carbonyl (C=O) groups is 1. The third kappa shape index (κ3) is 5.73. The van der Waals surface area contributed by atoms with Crippen molar-refractivity contribution in [2.24, 2.45) is 0 Å². The summed E-state index contributed by atoms with van der Waals surface area (Å²) in [6, 6.07) is 11.7. The SMILES string of the molecule is Cc1ccc(-c2nn(CCC#N)cc2/C=C2/CN(C)C/C(=C\c3cn(CCC#N)nc3-c3ccc(C)o3)C2=O)o1. The predicted molar refractivity (Wildman–Crippen MR) is 148 cm³/mol. The van der Waals surface area contributed by atoms with Gasteiger partial charge in [-0.05, 0) is 57.3 Å². The largest absolute Gasteiger partial charge is 0.460 e. The maximum Gasteiger partial charge on any atom is 0.187 e. The Bertz CT molecular complexity index is 1570. The minimum absolute atomic E-state index is 0.0594. The number of ketones is 1. The third-order valence-corrected chi connectivity index (χ3v) is 6.56. The van der Waals surface area contributed by atoms with E-state index in [1.54, 1.807) is 9.36 Å². The molecule has 0 spiro atoms. The number of nitrogens with zero attached hydrogens (tertiary/aromatic N) is 7. The maximum atomic E-state index is 13.8. The molecule has 4 aromatic rings. The van der Waals surface area contributed by atoms with E-state index in [-0.39, 0.29) is 5.78 Å². The van der Waals surface area contributed by atoms with Gasteiger partial charge in [0.1, 0.15) is 22.9 Å². The Morgan fingerprint density at radius 2 is 1.27 bits per heavy atom. The minimum atomic E-state index is -0.0594. The molecule has 1 aliphatic heterocycles. The van der Waals surface area contributed by atoms with Crippen molar-refractivity contribution in [1.29, 1.82) is 10.5 Å². The molecule has 4 aromatic heterocycles. The highest BCUT2D eigenvalue weighted by atomic mass is 16.3. The molecule has 0 N–H and O–H groups in total. The number of likely N-dealkylation sites (N-methyl/N-ethyl adjacent to an activating group) is 1. The lowest BCUT2D eigenvalue weighted by molar-refractivity contribution is -0.113. The number of likely N-dealkylation sites (tertiary alicyclic amines) is 1. The van der Waals surface area contributed by atoms with Gasteiger partial charge in [0.05, 0.1) is 38.1 Å². The Labute approximate surface area is 232 Å². The van der Waals surface area contributed by atoms with Gasteiger partial charge in [0.2, 0.25) is 0 Å². The van der Waals surface area contributed by atoms with Crippen LogP contribution in [-0.4, -0.2) is 50.4 Å². The lowest BCUT2D eigenvalue weighted by Crippen LogP contribution is -2.34. The zero-order chi connectivity index (χ0) is 28.2. The molecule has 1 fully saturated rings. The Hall–Kier alpha value is -4.93. The number of furan rings is 2. The molecule has 0 saturated carbocycles. The highest BCUT2D eigenvalue weighted by Gasteiger charge is 2.26. The summed E-state index contributed by atoms with van der Waals surface area (Å²) in [5, 5.41) is 27.4. The van der Waals surface area contributed by atoms with Crippen molar-refractivity contribution in [3.05, 3.63) is 70.5 Å². The smallest absolute Gasteiger partial charge is 0.187 e. The molecule has 0 aliphatic carbocycles. The van der Waals surface area contributed by atoms with Gasteiger partial charge in [-0.2, -0.15) is 20.7 Å².